The van der Waals surface area contributed by atoms with Crippen LogP contribution in [0, 0.1) is 6.92 Å². The van der Waals surface area contributed by atoms with Crippen LogP contribution in [0.3, 0.4) is 0 Å². The maximum absolute atomic E-state index is 12.5. The van der Waals surface area contributed by atoms with Crippen molar-refractivity contribution in [3.05, 3.63) is 23.9 Å². The van der Waals surface area contributed by atoms with Crippen LogP contribution in [0.15, 0.2) is 23.4 Å². The van der Waals surface area contributed by atoms with E-state index >= 15 is 0 Å². The van der Waals surface area contributed by atoms with Gasteiger partial charge in [-0.15, -0.1) is 0 Å². The second-order valence-electron chi connectivity index (χ2n) is 7.01. The van der Waals surface area contributed by atoms with Crippen LogP contribution in [0.4, 0.5) is 4.79 Å². The van der Waals surface area contributed by atoms with Gasteiger partial charge >= 0.3 is 6.09 Å². The van der Waals surface area contributed by atoms with E-state index in [1.165, 1.54) is 0 Å². The number of likely N-dealkylation sites (tertiary alicyclic amines) is 1. The Kier molecular flexibility index (Phi) is 5.79. The highest BCUT2D eigenvalue weighted by atomic mass is 32.2. The molecule has 1 aromatic rings. The van der Waals surface area contributed by atoms with Crippen LogP contribution < -0.4 is 0 Å². The summed E-state index contributed by atoms with van der Waals surface area (Å²) in [7, 11) is -1.21. The van der Waals surface area contributed by atoms with Gasteiger partial charge in [0.2, 0.25) is 0 Å². The van der Waals surface area contributed by atoms with Crippen LogP contribution in [0.25, 0.3) is 0 Å². The summed E-state index contributed by atoms with van der Waals surface area (Å²) >= 11 is 0. The van der Waals surface area contributed by atoms with Crippen LogP contribution in [-0.2, 0) is 15.5 Å². The Bertz CT molecular complexity index is 566. The molecular formula is C17H26N2O3S. The first-order valence-corrected chi connectivity index (χ1v) is 9.39. The Morgan fingerprint density at radius 2 is 2.13 bits per heavy atom. The molecule has 0 unspecified atom stereocenters. The molecule has 2 rings (SSSR count). The quantitative estimate of drug-likeness (QED) is 0.848. The normalized spacial score (nSPS) is 20.2. The predicted molar refractivity (Wildman–Crippen MR) is 90.8 cm³/mol. The highest BCUT2D eigenvalue weighted by Gasteiger charge is 2.31. The standard InChI is InChI=1S/C17H26N2O3S/c1-13-8-9-15(18-11-13)23(21)12-14-7-5-6-10-19(14)16(20)22-17(2,3)4/h8-9,11,14H,5-7,10,12H2,1-4H3/t14-,23+/m1/s1. The molecule has 23 heavy (non-hydrogen) atoms. The number of carbonyl (C=O) groups is 1. The van der Waals surface area contributed by atoms with Crippen molar-refractivity contribution in [3.63, 3.8) is 0 Å². The number of amides is 1. The van der Waals surface area contributed by atoms with Gasteiger partial charge in [0.25, 0.3) is 0 Å². The number of nitrogens with zero attached hydrogens (tertiary/aromatic N) is 2. The van der Waals surface area contributed by atoms with Gasteiger partial charge in [0.1, 0.15) is 10.6 Å². The SMILES string of the molecule is Cc1ccc([S@@](=O)C[C@H]2CCCCN2C(=O)OC(C)(C)C)nc1. The largest absolute Gasteiger partial charge is 0.444 e. The molecule has 0 spiro atoms. The number of rotatable bonds is 3. The van der Waals surface area contributed by atoms with Crippen molar-refractivity contribution in [1.82, 2.24) is 9.88 Å². The Morgan fingerprint density at radius 1 is 1.39 bits per heavy atom. The number of pyridine rings is 1. The Balaban J connectivity index is 2.04. The number of piperidine rings is 1. The first kappa shape index (κ1) is 17.9. The lowest BCUT2D eigenvalue weighted by Crippen LogP contribution is -2.48. The summed E-state index contributed by atoms with van der Waals surface area (Å²) in [6.07, 6.45) is 4.28. The smallest absolute Gasteiger partial charge is 0.410 e. The van der Waals surface area contributed by atoms with Crippen molar-refractivity contribution in [2.75, 3.05) is 12.3 Å². The third-order valence-electron chi connectivity index (χ3n) is 3.72. The van der Waals surface area contributed by atoms with E-state index in [9.17, 15) is 9.00 Å². The highest BCUT2D eigenvalue weighted by Crippen LogP contribution is 2.22. The van der Waals surface area contributed by atoms with Gasteiger partial charge in [-0.25, -0.2) is 9.78 Å². The van der Waals surface area contributed by atoms with Gasteiger partial charge in [-0.2, -0.15) is 0 Å². The molecule has 128 valence electrons. The summed E-state index contributed by atoms with van der Waals surface area (Å²) in [5.41, 5.74) is 0.523. The molecule has 1 aliphatic heterocycles. The molecule has 1 fully saturated rings. The predicted octanol–water partition coefficient (Wildman–Crippen LogP) is 3.29. The van der Waals surface area contributed by atoms with E-state index in [0.717, 1.165) is 24.8 Å². The van der Waals surface area contributed by atoms with Crippen molar-refractivity contribution in [1.29, 1.82) is 0 Å². The zero-order valence-corrected chi connectivity index (χ0v) is 15.2. The second kappa shape index (κ2) is 7.43. The lowest BCUT2D eigenvalue weighted by Gasteiger charge is -2.36. The molecule has 2 atom stereocenters. The van der Waals surface area contributed by atoms with Crippen LogP contribution >= 0.6 is 0 Å². The van der Waals surface area contributed by atoms with Crippen molar-refractivity contribution in [2.24, 2.45) is 0 Å². The first-order valence-electron chi connectivity index (χ1n) is 8.07. The third-order valence-corrected chi connectivity index (χ3v) is 5.11. The van der Waals surface area contributed by atoms with E-state index in [4.69, 9.17) is 4.74 Å². The maximum Gasteiger partial charge on any atom is 0.410 e. The van der Waals surface area contributed by atoms with Gasteiger partial charge < -0.3 is 9.64 Å². The monoisotopic (exact) mass is 338 g/mol. The lowest BCUT2D eigenvalue weighted by molar-refractivity contribution is 0.0125. The summed E-state index contributed by atoms with van der Waals surface area (Å²) in [4.78, 5) is 18.4. The van der Waals surface area contributed by atoms with Crippen molar-refractivity contribution < 1.29 is 13.7 Å². The number of ether oxygens (including phenoxy) is 1. The molecule has 0 N–H and O–H groups in total. The molecule has 0 aromatic carbocycles. The van der Waals surface area contributed by atoms with Gasteiger partial charge in [0.05, 0.1) is 16.6 Å². The highest BCUT2D eigenvalue weighted by molar-refractivity contribution is 7.85. The number of hydrogen-bond donors (Lipinski definition) is 0. The van der Waals surface area contributed by atoms with Gasteiger partial charge in [0, 0.05) is 18.8 Å². The minimum atomic E-state index is -1.21. The van der Waals surface area contributed by atoms with E-state index in [1.54, 1.807) is 17.2 Å². The molecule has 0 radical (unpaired) electrons. The number of hydrogen-bond acceptors (Lipinski definition) is 4. The summed E-state index contributed by atoms with van der Waals surface area (Å²) < 4.78 is 18.0. The first-order chi connectivity index (χ1) is 10.8. The molecule has 0 saturated carbocycles. The minimum Gasteiger partial charge on any atom is -0.444 e. The summed E-state index contributed by atoms with van der Waals surface area (Å²) in [6.45, 7) is 8.19. The second-order valence-corrected chi connectivity index (χ2v) is 8.45. The van der Waals surface area contributed by atoms with E-state index < -0.39 is 16.4 Å². The van der Waals surface area contributed by atoms with Crippen LogP contribution in [-0.4, -0.2) is 44.1 Å². The summed E-state index contributed by atoms with van der Waals surface area (Å²) in [6, 6.07) is 3.65. The molecule has 2 heterocycles. The average Bonchev–Trinajstić information content (AvgIpc) is 2.46. The molecule has 5 nitrogen and oxygen atoms in total. The molecule has 1 amide bonds. The van der Waals surface area contributed by atoms with Crippen LogP contribution in [0.5, 0.6) is 0 Å². The van der Waals surface area contributed by atoms with Gasteiger partial charge in [-0.3, -0.25) is 4.21 Å². The fourth-order valence-electron chi connectivity index (χ4n) is 2.58. The fourth-order valence-corrected chi connectivity index (χ4v) is 3.84. The van der Waals surface area contributed by atoms with Crippen LogP contribution in [0.1, 0.15) is 45.6 Å². The number of aromatic nitrogens is 1. The molecule has 6 heteroatoms. The van der Waals surface area contributed by atoms with E-state index in [0.29, 0.717) is 17.3 Å². The van der Waals surface area contributed by atoms with Crippen molar-refractivity contribution in [2.45, 2.75) is 63.6 Å². The molecule has 1 aromatic heterocycles. The molecule has 0 bridgehead atoms. The zero-order chi connectivity index (χ0) is 17.0. The minimum absolute atomic E-state index is 0.0532. The average molecular weight is 338 g/mol. The topological polar surface area (TPSA) is 59.5 Å². The van der Waals surface area contributed by atoms with Crippen LogP contribution in [0.2, 0.25) is 0 Å². The summed E-state index contributed by atoms with van der Waals surface area (Å²) in [5.74, 6) is 0.412. The Hall–Kier alpha value is -1.43. The van der Waals surface area contributed by atoms with Gasteiger partial charge in [-0.05, 0) is 58.6 Å². The van der Waals surface area contributed by atoms with Crippen molar-refractivity contribution in [3.8, 4) is 0 Å². The molecule has 1 saturated heterocycles. The van der Waals surface area contributed by atoms with E-state index in [-0.39, 0.29) is 12.1 Å². The molecule has 0 aliphatic carbocycles. The van der Waals surface area contributed by atoms with E-state index in [1.807, 2.05) is 33.8 Å². The molecular weight excluding hydrogens is 312 g/mol. The molecule has 1 aliphatic rings. The summed E-state index contributed by atoms with van der Waals surface area (Å²) in [5, 5.41) is 0.574. The van der Waals surface area contributed by atoms with Gasteiger partial charge in [0.15, 0.2) is 0 Å². The van der Waals surface area contributed by atoms with Gasteiger partial charge in [-0.1, -0.05) is 6.07 Å². The Morgan fingerprint density at radius 3 is 2.74 bits per heavy atom. The number of aryl methyl sites for hydroxylation is 1. The third kappa shape index (κ3) is 5.30. The Labute approximate surface area is 140 Å². The van der Waals surface area contributed by atoms with E-state index in [2.05, 4.69) is 4.98 Å². The number of carbonyl (C=O) groups excluding carboxylic acids is 1. The van der Waals surface area contributed by atoms with Crippen molar-refractivity contribution >= 4 is 16.9 Å². The zero-order valence-electron chi connectivity index (χ0n) is 14.4. The fraction of sp³-hybridized carbons (Fsp3) is 0.647. The lowest BCUT2D eigenvalue weighted by atomic mass is 10.0. The maximum atomic E-state index is 12.5.